The fraction of sp³-hybridized carbons (Fsp3) is 0.222. The molecule has 0 atom stereocenters. The molecule has 4 heteroatoms. The van der Waals surface area contributed by atoms with Crippen LogP contribution in [0.25, 0.3) is 0 Å². The summed E-state index contributed by atoms with van der Waals surface area (Å²) < 4.78 is 5.53. The van der Waals surface area contributed by atoms with E-state index in [0.29, 0.717) is 11.3 Å². The van der Waals surface area contributed by atoms with Gasteiger partial charge in [-0.2, -0.15) is 0 Å². The van der Waals surface area contributed by atoms with Crippen molar-refractivity contribution in [3.63, 3.8) is 0 Å². The largest absolute Gasteiger partial charge is 0.399 e. The number of methoxy groups -OCH3 is 1. The van der Waals surface area contributed by atoms with E-state index in [1.807, 2.05) is 0 Å². The number of rotatable bonds is 3. The van der Waals surface area contributed by atoms with E-state index in [9.17, 15) is 4.79 Å². The number of carbonyl (C=O) groups excluding carboxylic acids is 1. The first-order valence-corrected chi connectivity index (χ1v) is 4.51. The number of hydrogen-bond acceptors (Lipinski definition) is 3. The van der Waals surface area contributed by atoms with E-state index in [2.05, 4.69) is 15.9 Å². The van der Waals surface area contributed by atoms with Gasteiger partial charge in [0.15, 0.2) is 5.78 Å². The van der Waals surface area contributed by atoms with E-state index in [1.54, 1.807) is 18.2 Å². The third-order valence-electron chi connectivity index (χ3n) is 1.52. The normalized spacial score (nSPS) is 10.0. The maximum absolute atomic E-state index is 11.3. The summed E-state index contributed by atoms with van der Waals surface area (Å²) in [7, 11) is 1.49. The Kier molecular flexibility index (Phi) is 3.45. The number of carbonyl (C=O) groups is 1. The van der Waals surface area contributed by atoms with E-state index in [4.69, 9.17) is 10.5 Å². The summed E-state index contributed by atoms with van der Waals surface area (Å²) in [5.41, 5.74) is 6.70. The Balaban J connectivity index is 2.94. The summed E-state index contributed by atoms with van der Waals surface area (Å²) in [5.74, 6) is -0.0736. The molecule has 0 fully saturated rings. The highest BCUT2D eigenvalue weighted by Crippen LogP contribution is 2.17. The number of halogens is 1. The van der Waals surface area contributed by atoms with Gasteiger partial charge in [0, 0.05) is 22.8 Å². The molecule has 3 nitrogen and oxygen atoms in total. The Bertz CT molecular complexity index is 305. The number of Topliss-reactive ketones (excluding diaryl/α,β-unsaturated/α-hetero) is 1. The van der Waals surface area contributed by atoms with Crippen LogP contribution in [0.3, 0.4) is 0 Å². The molecule has 0 amide bonds. The van der Waals surface area contributed by atoms with Crippen LogP contribution in [0.5, 0.6) is 0 Å². The summed E-state index contributed by atoms with van der Waals surface area (Å²) in [6, 6.07) is 5.09. The van der Waals surface area contributed by atoms with Crippen LogP contribution in [0.2, 0.25) is 0 Å². The van der Waals surface area contributed by atoms with Crippen LogP contribution in [0.4, 0.5) is 5.69 Å². The number of benzene rings is 1. The van der Waals surface area contributed by atoms with Crippen molar-refractivity contribution >= 4 is 27.4 Å². The lowest BCUT2D eigenvalue weighted by molar-refractivity contribution is 0.0848. The minimum Gasteiger partial charge on any atom is -0.399 e. The first-order valence-electron chi connectivity index (χ1n) is 3.71. The van der Waals surface area contributed by atoms with E-state index in [0.717, 1.165) is 4.47 Å². The molecule has 0 aliphatic rings. The highest BCUT2D eigenvalue weighted by Gasteiger charge is 2.06. The van der Waals surface area contributed by atoms with Crippen LogP contribution in [-0.2, 0) is 4.74 Å². The molecule has 0 aliphatic heterocycles. The Hall–Kier alpha value is -0.870. The molecule has 70 valence electrons. The molecule has 0 unspecified atom stereocenters. The predicted molar refractivity (Wildman–Crippen MR) is 54.8 cm³/mol. The first kappa shape index (κ1) is 10.2. The van der Waals surface area contributed by atoms with Crippen LogP contribution in [0, 0.1) is 0 Å². The molecule has 1 rings (SSSR count). The van der Waals surface area contributed by atoms with Gasteiger partial charge in [0.25, 0.3) is 0 Å². The zero-order valence-corrected chi connectivity index (χ0v) is 8.80. The van der Waals surface area contributed by atoms with Gasteiger partial charge < -0.3 is 10.5 Å². The molecule has 0 aliphatic carbocycles. The average molecular weight is 244 g/mol. The van der Waals surface area contributed by atoms with Crippen molar-refractivity contribution < 1.29 is 9.53 Å². The summed E-state index contributed by atoms with van der Waals surface area (Å²) in [6.45, 7) is 0.0793. The molecule has 0 aromatic heterocycles. The molecule has 0 bridgehead atoms. The molecule has 1 aromatic rings. The Morgan fingerprint density at radius 3 is 2.77 bits per heavy atom. The van der Waals surface area contributed by atoms with Gasteiger partial charge in [-0.15, -0.1) is 0 Å². The molecule has 0 spiro atoms. The van der Waals surface area contributed by atoms with Gasteiger partial charge in [-0.05, 0) is 18.2 Å². The second-order valence-corrected chi connectivity index (χ2v) is 3.55. The molecular weight excluding hydrogens is 234 g/mol. The van der Waals surface area contributed by atoms with Crippen molar-refractivity contribution in [2.24, 2.45) is 0 Å². The summed E-state index contributed by atoms with van der Waals surface area (Å²) in [4.78, 5) is 11.3. The molecular formula is C9H10BrNO2. The van der Waals surface area contributed by atoms with Crippen LogP contribution < -0.4 is 5.73 Å². The van der Waals surface area contributed by atoms with Crippen molar-refractivity contribution in [1.82, 2.24) is 0 Å². The molecule has 0 heterocycles. The zero-order valence-electron chi connectivity index (χ0n) is 7.21. The van der Waals surface area contributed by atoms with Gasteiger partial charge >= 0.3 is 0 Å². The average Bonchev–Trinajstić information content (AvgIpc) is 2.03. The maximum atomic E-state index is 11.3. The van der Waals surface area contributed by atoms with Crippen molar-refractivity contribution in [3.05, 3.63) is 28.2 Å². The Morgan fingerprint density at radius 2 is 2.23 bits per heavy atom. The molecule has 0 saturated heterocycles. The summed E-state index contributed by atoms with van der Waals surface area (Å²) in [6.07, 6.45) is 0. The van der Waals surface area contributed by atoms with Gasteiger partial charge in [0.05, 0.1) is 0 Å². The van der Waals surface area contributed by atoms with Gasteiger partial charge in [0.2, 0.25) is 0 Å². The lowest BCUT2D eigenvalue weighted by atomic mass is 10.1. The SMILES string of the molecule is COCC(=O)c1cc(N)cc(Br)c1. The van der Waals surface area contributed by atoms with Crippen LogP contribution >= 0.6 is 15.9 Å². The number of nitrogen functional groups attached to an aromatic ring is 1. The van der Waals surface area contributed by atoms with Crippen molar-refractivity contribution in [2.45, 2.75) is 0 Å². The topological polar surface area (TPSA) is 52.3 Å². The molecule has 0 saturated carbocycles. The van der Waals surface area contributed by atoms with Gasteiger partial charge in [-0.3, -0.25) is 4.79 Å². The standard InChI is InChI=1S/C9H10BrNO2/c1-13-5-9(12)6-2-7(10)4-8(11)3-6/h2-4H,5,11H2,1H3. The predicted octanol–water partition coefficient (Wildman–Crippen LogP) is 1.86. The quantitative estimate of drug-likeness (QED) is 0.652. The second-order valence-electron chi connectivity index (χ2n) is 2.63. The number of hydrogen-bond donors (Lipinski definition) is 1. The molecule has 1 aromatic carbocycles. The number of nitrogens with two attached hydrogens (primary N) is 1. The van der Waals surface area contributed by atoms with E-state index < -0.39 is 0 Å². The monoisotopic (exact) mass is 243 g/mol. The van der Waals surface area contributed by atoms with Crippen molar-refractivity contribution in [1.29, 1.82) is 0 Å². The maximum Gasteiger partial charge on any atom is 0.188 e. The highest BCUT2D eigenvalue weighted by atomic mass is 79.9. The fourth-order valence-electron chi connectivity index (χ4n) is 0.988. The van der Waals surface area contributed by atoms with E-state index >= 15 is 0 Å². The highest BCUT2D eigenvalue weighted by molar-refractivity contribution is 9.10. The third kappa shape index (κ3) is 2.82. The van der Waals surface area contributed by atoms with E-state index in [-0.39, 0.29) is 12.4 Å². The third-order valence-corrected chi connectivity index (χ3v) is 1.98. The first-order chi connectivity index (χ1) is 6.13. The Labute approximate surface area is 85.0 Å². The van der Waals surface area contributed by atoms with Gasteiger partial charge in [0.1, 0.15) is 6.61 Å². The van der Waals surface area contributed by atoms with Crippen molar-refractivity contribution in [2.75, 3.05) is 19.5 Å². The summed E-state index contributed by atoms with van der Waals surface area (Å²) in [5, 5.41) is 0. The van der Waals surface area contributed by atoms with Crippen LogP contribution in [0.15, 0.2) is 22.7 Å². The lowest BCUT2D eigenvalue weighted by Crippen LogP contribution is -2.07. The smallest absolute Gasteiger partial charge is 0.188 e. The van der Waals surface area contributed by atoms with E-state index in [1.165, 1.54) is 7.11 Å². The minimum absolute atomic E-state index is 0.0736. The van der Waals surface area contributed by atoms with Gasteiger partial charge in [-0.1, -0.05) is 15.9 Å². The second kappa shape index (κ2) is 4.39. The molecule has 13 heavy (non-hydrogen) atoms. The summed E-state index contributed by atoms with van der Waals surface area (Å²) >= 11 is 3.26. The van der Waals surface area contributed by atoms with Crippen LogP contribution in [-0.4, -0.2) is 19.5 Å². The zero-order chi connectivity index (χ0) is 9.84. The van der Waals surface area contributed by atoms with Crippen molar-refractivity contribution in [3.8, 4) is 0 Å². The number of anilines is 1. The van der Waals surface area contributed by atoms with Crippen LogP contribution in [0.1, 0.15) is 10.4 Å². The Morgan fingerprint density at radius 1 is 1.54 bits per heavy atom. The number of ether oxygens (including phenoxy) is 1. The molecule has 2 N–H and O–H groups in total. The minimum atomic E-state index is -0.0736. The lowest BCUT2D eigenvalue weighted by Gasteiger charge is -2.02. The number of ketones is 1. The fourth-order valence-corrected chi connectivity index (χ4v) is 1.50. The molecule has 0 radical (unpaired) electrons. The van der Waals surface area contributed by atoms with Gasteiger partial charge in [-0.25, -0.2) is 0 Å².